The largest absolute Gasteiger partial charge is 0.495 e. The highest BCUT2D eigenvalue weighted by Gasteiger charge is 2.11. The fraction of sp³-hybridized carbons (Fsp3) is 0.150. The fourth-order valence-corrected chi connectivity index (χ4v) is 2.46. The zero-order chi connectivity index (χ0) is 18.2. The van der Waals surface area contributed by atoms with Gasteiger partial charge in [-0.05, 0) is 36.2 Å². The fourth-order valence-electron chi connectivity index (χ4n) is 2.46. The summed E-state index contributed by atoms with van der Waals surface area (Å²) in [4.78, 5) is 12.3. The molecule has 0 aliphatic carbocycles. The molecule has 1 amide bonds. The van der Waals surface area contributed by atoms with Crippen molar-refractivity contribution in [3.63, 3.8) is 0 Å². The van der Waals surface area contributed by atoms with E-state index in [-0.39, 0.29) is 11.6 Å². The van der Waals surface area contributed by atoms with Crippen molar-refractivity contribution in [2.75, 3.05) is 24.3 Å². The van der Waals surface area contributed by atoms with Crippen LogP contribution < -0.4 is 15.4 Å². The first-order chi connectivity index (χ1) is 12.8. The Hall–Kier alpha value is -3.41. The topological polar surface area (TPSA) is 76.1 Å². The number of aromatic nitrogens is 2. The zero-order valence-corrected chi connectivity index (χ0v) is 14.5. The number of carbonyl (C=O) groups excluding carboxylic acids is 1. The Kier molecular flexibility index (Phi) is 5.77. The van der Waals surface area contributed by atoms with Gasteiger partial charge in [0.15, 0.2) is 5.69 Å². The van der Waals surface area contributed by atoms with E-state index in [2.05, 4.69) is 33.0 Å². The number of rotatable bonds is 7. The molecule has 0 unspecified atom stereocenters. The number of nitrogens with one attached hydrogen (secondary N) is 2. The normalized spacial score (nSPS) is 10.2. The predicted octanol–water partition coefficient (Wildman–Crippen LogP) is 3.39. The van der Waals surface area contributed by atoms with Gasteiger partial charge in [0.2, 0.25) is 0 Å². The molecule has 0 radical (unpaired) electrons. The van der Waals surface area contributed by atoms with E-state index in [1.807, 2.05) is 30.3 Å². The van der Waals surface area contributed by atoms with Crippen LogP contribution in [0.15, 0.2) is 66.7 Å². The molecule has 0 spiro atoms. The number of hydrogen-bond donors (Lipinski definition) is 2. The highest BCUT2D eigenvalue weighted by molar-refractivity contribution is 6.03. The lowest BCUT2D eigenvalue weighted by Gasteiger charge is -2.09. The van der Waals surface area contributed by atoms with E-state index in [0.717, 1.165) is 13.0 Å². The molecule has 0 atom stereocenters. The van der Waals surface area contributed by atoms with Crippen molar-refractivity contribution >= 4 is 17.4 Å². The first-order valence-corrected chi connectivity index (χ1v) is 8.32. The molecule has 1 heterocycles. The van der Waals surface area contributed by atoms with Gasteiger partial charge in [0, 0.05) is 6.54 Å². The van der Waals surface area contributed by atoms with Gasteiger partial charge in [-0.2, -0.15) is 0 Å². The smallest absolute Gasteiger partial charge is 0.276 e. The maximum absolute atomic E-state index is 12.3. The zero-order valence-electron chi connectivity index (χ0n) is 14.5. The van der Waals surface area contributed by atoms with E-state index in [4.69, 9.17) is 4.74 Å². The molecule has 0 fully saturated rings. The molecule has 6 nitrogen and oxygen atoms in total. The van der Waals surface area contributed by atoms with Gasteiger partial charge in [-0.15, -0.1) is 10.2 Å². The summed E-state index contributed by atoms with van der Waals surface area (Å²) in [5.41, 5.74) is 2.08. The van der Waals surface area contributed by atoms with Crippen molar-refractivity contribution in [3.8, 4) is 5.75 Å². The van der Waals surface area contributed by atoms with Gasteiger partial charge in [-0.25, -0.2) is 0 Å². The Bertz CT molecular complexity index is 851. The predicted molar refractivity (Wildman–Crippen MR) is 102 cm³/mol. The second kappa shape index (κ2) is 8.62. The molecule has 0 saturated carbocycles. The van der Waals surface area contributed by atoms with Gasteiger partial charge < -0.3 is 15.4 Å². The Balaban J connectivity index is 1.56. The lowest BCUT2D eigenvalue weighted by molar-refractivity contribution is 0.102. The molecule has 1 aromatic heterocycles. The molecule has 0 saturated heterocycles. The minimum Gasteiger partial charge on any atom is -0.495 e. The summed E-state index contributed by atoms with van der Waals surface area (Å²) >= 11 is 0. The van der Waals surface area contributed by atoms with E-state index in [0.29, 0.717) is 17.3 Å². The SMILES string of the molecule is COc1ccccc1NC(=O)c1ccc(NCCc2ccccc2)nn1. The highest BCUT2D eigenvalue weighted by atomic mass is 16.5. The Morgan fingerprint density at radius 1 is 0.962 bits per heavy atom. The van der Waals surface area contributed by atoms with E-state index in [1.54, 1.807) is 31.4 Å². The van der Waals surface area contributed by atoms with E-state index in [9.17, 15) is 4.79 Å². The molecule has 132 valence electrons. The van der Waals surface area contributed by atoms with Crippen molar-refractivity contribution in [1.82, 2.24) is 10.2 Å². The average molecular weight is 348 g/mol. The standard InChI is InChI=1S/C20H20N4O2/c1-26-18-10-6-5-9-16(18)22-20(25)17-11-12-19(24-23-17)21-14-13-15-7-3-2-4-8-15/h2-12H,13-14H2,1H3,(H,21,24)(H,22,25). The molecule has 6 heteroatoms. The summed E-state index contributed by atoms with van der Waals surface area (Å²) < 4.78 is 5.22. The lowest BCUT2D eigenvalue weighted by Crippen LogP contribution is -2.15. The minimum absolute atomic E-state index is 0.240. The van der Waals surface area contributed by atoms with Crippen molar-refractivity contribution in [2.24, 2.45) is 0 Å². The van der Waals surface area contributed by atoms with Crippen LogP contribution in [0.2, 0.25) is 0 Å². The van der Waals surface area contributed by atoms with Crippen molar-refractivity contribution in [3.05, 3.63) is 78.0 Å². The number of ether oxygens (including phenoxy) is 1. The Labute approximate surface area is 152 Å². The first kappa shape index (κ1) is 17.4. The van der Waals surface area contributed by atoms with Gasteiger partial charge in [0.1, 0.15) is 11.6 Å². The molecule has 0 aliphatic rings. The quantitative estimate of drug-likeness (QED) is 0.684. The van der Waals surface area contributed by atoms with Crippen LogP contribution in [0.3, 0.4) is 0 Å². The number of amides is 1. The second-order valence-electron chi connectivity index (χ2n) is 5.62. The van der Waals surface area contributed by atoms with Crippen LogP contribution in [0.25, 0.3) is 0 Å². The van der Waals surface area contributed by atoms with Crippen LogP contribution in [0.5, 0.6) is 5.75 Å². The third-order valence-corrected chi connectivity index (χ3v) is 3.81. The summed E-state index contributed by atoms with van der Waals surface area (Å²) in [6, 6.07) is 20.8. The summed E-state index contributed by atoms with van der Waals surface area (Å²) in [6.45, 7) is 0.742. The van der Waals surface area contributed by atoms with E-state index < -0.39 is 0 Å². The number of para-hydroxylation sites is 2. The van der Waals surface area contributed by atoms with Gasteiger partial charge in [0.05, 0.1) is 12.8 Å². The number of nitrogens with zero attached hydrogens (tertiary/aromatic N) is 2. The number of carbonyl (C=O) groups is 1. The number of hydrogen-bond acceptors (Lipinski definition) is 5. The monoisotopic (exact) mass is 348 g/mol. The molecule has 0 aliphatic heterocycles. The van der Waals surface area contributed by atoms with E-state index >= 15 is 0 Å². The second-order valence-corrected chi connectivity index (χ2v) is 5.62. The average Bonchev–Trinajstić information content (AvgIpc) is 2.70. The number of anilines is 2. The van der Waals surface area contributed by atoms with Crippen LogP contribution in [0.4, 0.5) is 11.5 Å². The third kappa shape index (κ3) is 4.57. The van der Waals surface area contributed by atoms with Crippen LogP contribution in [0, 0.1) is 0 Å². The highest BCUT2D eigenvalue weighted by Crippen LogP contribution is 2.23. The molecular weight excluding hydrogens is 328 g/mol. The van der Waals surface area contributed by atoms with Crippen LogP contribution in [0.1, 0.15) is 16.1 Å². The van der Waals surface area contributed by atoms with E-state index in [1.165, 1.54) is 5.56 Å². The lowest BCUT2D eigenvalue weighted by atomic mass is 10.1. The van der Waals surface area contributed by atoms with Gasteiger partial charge in [0.25, 0.3) is 5.91 Å². The van der Waals surface area contributed by atoms with Crippen LogP contribution in [-0.2, 0) is 6.42 Å². The Morgan fingerprint density at radius 3 is 2.46 bits per heavy atom. The number of benzene rings is 2. The molecule has 26 heavy (non-hydrogen) atoms. The summed E-state index contributed by atoms with van der Waals surface area (Å²) in [7, 11) is 1.56. The molecule has 0 bridgehead atoms. The third-order valence-electron chi connectivity index (χ3n) is 3.81. The van der Waals surface area contributed by atoms with Crippen molar-refractivity contribution < 1.29 is 9.53 Å². The van der Waals surface area contributed by atoms with Gasteiger partial charge in [-0.1, -0.05) is 42.5 Å². The van der Waals surface area contributed by atoms with Crippen LogP contribution in [-0.4, -0.2) is 29.8 Å². The molecule has 3 rings (SSSR count). The van der Waals surface area contributed by atoms with Crippen LogP contribution >= 0.6 is 0 Å². The molecule has 2 N–H and O–H groups in total. The van der Waals surface area contributed by atoms with Crippen molar-refractivity contribution in [2.45, 2.75) is 6.42 Å². The number of methoxy groups -OCH3 is 1. The van der Waals surface area contributed by atoms with Gasteiger partial charge >= 0.3 is 0 Å². The maximum atomic E-state index is 12.3. The summed E-state index contributed by atoms with van der Waals surface area (Å²) in [5, 5.41) is 14.0. The minimum atomic E-state index is -0.335. The van der Waals surface area contributed by atoms with Gasteiger partial charge in [-0.3, -0.25) is 4.79 Å². The first-order valence-electron chi connectivity index (χ1n) is 8.32. The summed E-state index contributed by atoms with van der Waals surface area (Å²) in [5.74, 6) is 0.889. The Morgan fingerprint density at radius 2 is 1.73 bits per heavy atom. The maximum Gasteiger partial charge on any atom is 0.276 e. The molecule has 3 aromatic rings. The molecular formula is C20H20N4O2. The summed E-state index contributed by atoms with van der Waals surface area (Å²) in [6.07, 6.45) is 0.887. The van der Waals surface area contributed by atoms with Crippen molar-refractivity contribution in [1.29, 1.82) is 0 Å². The molecule has 2 aromatic carbocycles.